The molecule has 2 heterocycles. The average molecular weight is 458 g/mol. The first-order chi connectivity index (χ1) is 16.0. The molecular formula is C25H23N5O2S. The molecule has 33 heavy (non-hydrogen) atoms. The summed E-state index contributed by atoms with van der Waals surface area (Å²) in [5.41, 5.74) is 3.26. The van der Waals surface area contributed by atoms with E-state index in [4.69, 9.17) is 0 Å². The van der Waals surface area contributed by atoms with Crippen LogP contribution in [-0.2, 0) is 11.3 Å². The van der Waals surface area contributed by atoms with E-state index in [-0.39, 0.29) is 11.7 Å². The summed E-state index contributed by atoms with van der Waals surface area (Å²) in [5.74, 6) is 0.547. The van der Waals surface area contributed by atoms with Gasteiger partial charge in [-0.25, -0.2) is 0 Å². The third kappa shape index (κ3) is 5.53. The van der Waals surface area contributed by atoms with Gasteiger partial charge in [-0.1, -0.05) is 42.1 Å². The van der Waals surface area contributed by atoms with Crippen molar-refractivity contribution in [1.82, 2.24) is 19.7 Å². The molecule has 4 rings (SSSR count). The lowest BCUT2D eigenvalue weighted by molar-refractivity contribution is -0.115. The maximum absolute atomic E-state index is 12.8. The average Bonchev–Trinajstić information content (AvgIpc) is 3.22. The van der Waals surface area contributed by atoms with E-state index in [1.54, 1.807) is 36.7 Å². The lowest BCUT2D eigenvalue weighted by Crippen LogP contribution is -2.23. The Labute approximate surface area is 196 Å². The zero-order valence-corrected chi connectivity index (χ0v) is 19.1. The van der Waals surface area contributed by atoms with Crippen LogP contribution in [0, 0.1) is 0 Å². The largest absolute Gasteiger partial charge is 0.325 e. The van der Waals surface area contributed by atoms with Gasteiger partial charge in [0.2, 0.25) is 5.91 Å². The topological polar surface area (TPSA) is 89.8 Å². The lowest BCUT2D eigenvalue weighted by atomic mass is 10.1. The Morgan fingerprint density at radius 1 is 0.970 bits per heavy atom. The second-order valence-corrected chi connectivity index (χ2v) is 8.80. The van der Waals surface area contributed by atoms with E-state index in [1.807, 2.05) is 54.0 Å². The van der Waals surface area contributed by atoms with Crippen LogP contribution < -0.4 is 5.32 Å². The molecule has 1 atom stereocenters. The highest BCUT2D eigenvalue weighted by atomic mass is 32.2. The van der Waals surface area contributed by atoms with Gasteiger partial charge in [0, 0.05) is 29.2 Å². The molecule has 0 saturated carbocycles. The van der Waals surface area contributed by atoms with Gasteiger partial charge in [-0.15, -0.1) is 10.2 Å². The van der Waals surface area contributed by atoms with Crippen LogP contribution in [-0.4, -0.2) is 36.7 Å². The highest BCUT2D eigenvalue weighted by molar-refractivity contribution is 8.00. The molecule has 0 saturated heterocycles. The van der Waals surface area contributed by atoms with Crippen molar-refractivity contribution in [1.29, 1.82) is 0 Å². The number of ketones is 1. The van der Waals surface area contributed by atoms with Crippen LogP contribution in [0.3, 0.4) is 0 Å². The minimum atomic E-state index is -0.415. The molecule has 0 bridgehead atoms. The first-order valence-corrected chi connectivity index (χ1v) is 11.4. The van der Waals surface area contributed by atoms with Crippen molar-refractivity contribution in [2.45, 2.75) is 30.8 Å². The van der Waals surface area contributed by atoms with Crippen molar-refractivity contribution >= 4 is 29.1 Å². The van der Waals surface area contributed by atoms with Gasteiger partial charge < -0.3 is 5.32 Å². The summed E-state index contributed by atoms with van der Waals surface area (Å²) in [6.45, 7) is 3.92. The van der Waals surface area contributed by atoms with Crippen molar-refractivity contribution in [3.05, 3.63) is 90.3 Å². The van der Waals surface area contributed by atoms with Gasteiger partial charge in [0.25, 0.3) is 0 Å². The number of thioether (sulfide) groups is 1. The Bertz CT molecular complexity index is 1240. The lowest BCUT2D eigenvalue weighted by Gasteiger charge is -2.14. The SMILES string of the molecule is CC(=O)c1ccc(NC(=O)C(C)Sc2nnc(-c3ccncc3)n2Cc2ccccc2)cc1. The second-order valence-electron chi connectivity index (χ2n) is 7.50. The fourth-order valence-corrected chi connectivity index (χ4v) is 4.09. The number of carbonyl (C=O) groups is 2. The van der Waals surface area contributed by atoms with Crippen LogP contribution in [0.5, 0.6) is 0 Å². The third-order valence-electron chi connectivity index (χ3n) is 5.05. The minimum absolute atomic E-state index is 0.0143. The number of nitrogens with zero attached hydrogens (tertiary/aromatic N) is 4. The molecule has 0 aliphatic heterocycles. The Morgan fingerprint density at radius 2 is 1.67 bits per heavy atom. The van der Waals surface area contributed by atoms with Gasteiger partial charge in [-0.2, -0.15) is 0 Å². The molecule has 0 aliphatic rings. The van der Waals surface area contributed by atoms with Crippen molar-refractivity contribution in [2.75, 3.05) is 5.32 Å². The van der Waals surface area contributed by atoms with Crippen molar-refractivity contribution in [3.63, 3.8) is 0 Å². The minimum Gasteiger partial charge on any atom is -0.325 e. The smallest absolute Gasteiger partial charge is 0.237 e. The van der Waals surface area contributed by atoms with E-state index >= 15 is 0 Å². The molecule has 2 aromatic heterocycles. The quantitative estimate of drug-likeness (QED) is 0.304. The Morgan fingerprint density at radius 3 is 2.33 bits per heavy atom. The fraction of sp³-hybridized carbons (Fsp3) is 0.160. The van der Waals surface area contributed by atoms with Gasteiger partial charge in [-0.3, -0.25) is 19.1 Å². The Balaban J connectivity index is 1.54. The number of nitrogens with one attached hydrogen (secondary N) is 1. The molecule has 0 aliphatic carbocycles. The van der Waals surface area contributed by atoms with E-state index in [0.29, 0.717) is 23.0 Å². The first kappa shape index (κ1) is 22.4. The van der Waals surface area contributed by atoms with Gasteiger partial charge in [0.1, 0.15) is 0 Å². The molecule has 0 spiro atoms. The molecule has 8 heteroatoms. The highest BCUT2D eigenvalue weighted by Gasteiger charge is 2.21. The van der Waals surface area contributed by atoms with Crippen LogP contribution in [0.25, 0.3) is 11.4 Å². The van der Waals surface area contributed by atoms with Gasteiger partial charge in [-0.05, 0) is 55.8 Å². The fourth-order valence-electron chi connectivity index (χ4n) is 3.24. The van der Waals surface area contributed by atoms with Gasteiger partial charge >= 0.3 is 0 Å². The van der Waals surface area contributed by atoms with E-state index in [9.17, 15) is 9.59 Å². The second kappa shape index (κ2) is 10.2. The molecule has 1 unspecified atom stereocenters. The molecule has 1 amide bonds. The van der Waals surface area contributed by atoms with Crippen molar-refractivity contribution in [3.8, 4) is 11.4 Å². The zero-order valence-electron chi connectivity index (χ0n) is 18.3. The van der Waals surface area contributed by atoms with Gasteiger partial charge in [0.15, 0.2) is 16.8 Å². The van der Waals surface area contributed by atoms with E-state index in [1.165, 1.54) is 18.7 Å². The first-order valence-electron chi connectivity index (χ1n) is 10.5. The highest BCUT2D eigenvalue weighted by Crippen LogP contribution is 2.28. The number of carbonyl (C=O) groups excluding carboxylic acids is 2. The number of benzene rings is 2. The number of hydrogen-bond donors (Lipinski definition) is 1. The number of pyridine rings is 1. The number of Topliss-reactive ketones (excluding diaryl/α,β-unsaturated/α-hetero) is 1. The predicted molar refractivity (Wildman–Crippen MR) is 129 cm³/mol. The van der Waals surface area contributed by atoms with Crippen LogP contribution in [0.4, 0.5) is 5.69 Å². The van der Waals surface area contributed by atoms with Crippen LogP contribution in [0.15, 0.2) is 84.3 Å². The van der Waals surface area contributed by atoms with Crippen LogP contribution in [0.2, 0.25) is 0 Å². The normalized spacial score (nSPS) is 11.7. The maximum atomic E-state index is 12.8. The number of anilines is 1. The summed E-state index contributed by atoms with van der Waals surface area (Å²) in [4.78, 5) is 28.3. The van der Waals surface area contributed by atoms with Gasteiger partial charge in [0.05, 0.1) is 11.8 Å². The maximum Gasteiger partial charge on any atom is 0.237 e. The van der Waals surface area contributed by atoms with E-state index in [2.05, 4.69) is 20.5 Å². The summed E-state index contributed by atoms with van der Waals surface area (Å²) in [6.07, 6.45) is 3.44. The summed E-state index contributed by atoms with van der Waals surface area (Å²) in [7, 11) is 0. The zero-order chi connectivity index (χ0) is 23.2. The molecule has 7 nitrogen and oxygen atoms in total. The molecule has 166 valence electrons. The number of aromatic nitrogens is 4. The summed E-state index contributed by atoms with van der Waals surface area (Å²) in [5, 5.41) is 11.9. The molecule has 2 aromatic carbocycles. The van der Waals surface area contributed by atoms with E-state index < -0.39 is 5.25 Å². The van der Waals surface area contributed by atoms with Crippen molar-refractivity contribution in [2.24, 2.45) is 0 Å². The standard InChI is InChI=1S/C25H23N5O2S/c1-17(31)20-8-10-22(11-9-20)27-24(32)18(2)33-25-29-28-23(21-12-14-26-15-13-21)30(25)16-19-6-4-3-5-7-19/h3-15,18H,16H2,1-2H3,(H,27,32). The summed E-state index contributed by atoms with van der Waals surface area (Å²) < 4.78 is 2.01. The summed E-state index contributed by atoms with van der Waals surface area (Å²) in [6, 6.07) is 20.7. The molecule has 1 N–H and O–H groups in total. The Kier molecular flexibility index (Phi) is 6.95. The number of amides is 1. The van der Waals surface area contributed by atoms with Crippen LogP contribution in [0.1, 0.15) is 29.8 Å². The predicted octanol–water partition coefficient (Wildman–Crippen LogP) is 4.71. The van der Waals surface area contributed by atoms with Crippen LogP contribution >= 0.6 is 11.8 Å². The van der Waals surface area contributed by atoms with E-state index in [0.717, 1.165) is 17.0 Å². The third-order valence-corrected chi connectivity index (χ3v) is 6.13. The number of rotatable bonds is 8. The summed E-state index contributed by atoms with van der Waals surface area (Å²) >= 11 is 1.35. The molecule has 0 fully saturated rings. The molecule has 0 radical (unpaired) electrons. The molecular weight excluding hydrogens is 434 g/mol. The molecule has 4 aromatic rings. The number of hydrogen-bond acceptors (Lipinski definition) is 6. The monoisotopic (exact) mass is 457 g/mol. The van der Waals surface area contributed by atoms with Crippen molar-refractivity contribution < 1.29 is 9.59 Å². The Hall–Kier alpha value is -3.78.